The van der Waals surface area contributed by atoms with E-state index in [9.17, 15) is 4.79 Å². The number of ketones is 1. The second-order valence-corrected chi connectivity index (χ2v) is 9.81. The zero-order valence-corrected chi connectivity index (χ0v) is 18.0. The zero-order valence-electron chi connectivity index (χ0n) is 18.0. The average Bonchev–Trinajstić information content (AvgIpc) is 2.98. The Balaban J connectivity index is 1.14. The van der Waals surface area contributed by atoms with Gasteiger partial charge in [-0.2, -0.15) is 0 Å². The minimum absolute atomic E-state index is 0.333. The Morgan fingerprint density at radius 2 is 1.52 bits per heavy atom. The van der Waals surface area contributed by atoms with E-state index >= 15 is 0 Å². The highest BCUT2D eigenvalue weighted by molar-refractivity contribution is 5.80. The van der Waals surface area contributed by atoms with Gasteiger partial charge in [-0.05, 0) is 51.1 Å². The molecule has 2 bridgehead atoms. The number of aromatic nitrogens is 2. The van der Waals surface area contributed by atoms with Gasteiger partial charge >= 0.3 is 0 Å². The van der Waals surface area contributed by atoms with Crippen molar-refractivity contribution < 1.29 is 4.79 Å². The van der Waals surface area contributed by atoms with Crippen molar-refractivity contribution in [3.05, 3.63) is 18.0 Å². The van der Waals surface area contributed by atoms with Gasteiger partial charge in [-0.1, -0.05) is 6.92 Å². The van der Waals surface area contributed by atoms with E-state index in [-0.39, 0.29) is 0 Å². The van der Waals surface area contributed by atoms with Crippen LogP contribution >= 0.6 is 0 Å². The van der Waals surface area contributed by atoms with Crippen molar-refractivity contribution in [1.82, 2.24) is 19.8 Å². The van der Waals surface area contributed by atoms with Crippen molar-refractivity contribution in [2.45, 2.75) is 75.9 Å². The topological polar surface area (TPSA) is 52.6 Å². The van der Waals surface area contributed by atoms with Crippen LogP contribution in [0.5, 0.6) is 0 Å². The monoisotopic (exact) mass is 397 g/mol. The molecule has 0 amide bonds. The molecule has 4 fully saturated rings. The highest BCUT2D eigenvalue weighted by Gasteiger charge is 2.40. The van der Waals surface area contributed by atoms with Crippen LogP contribution < -0.4 is 4.90 Å². The quantitative estimate of drug-likeness (QED) is 0.761. The third-order valence-corrected chi connectivity index (χ3v) is 7.95. The van der Waals surface area contributed by atoms with E-state index in [1.54, 1.807) is 0 Å². The van der Waals surface area contributed by atoms with E-state index in [0.29, 0.717) is 42.2 Å². The molecule has 0 radical (unpaired) electrons. The number of likely N-dealkylation sites (tertiary alicyclic amines) is 2. The summed E-state index contributed by atoms with van der Waals surface area (Å²) in [6.07, 6.45) is 11.9. The van der Waals surface area contributed by atoms with E-state index in [2.05, 4.69) is 34.1 Å². The molecule has 1 aliphatic carbocycles. The summed E-state index contributed by atoms with van der Waals surface area (Å²) in [4.78, 5) is 29.1. The molecule has 6 heteroatoms. The van der Waals surface area contributed by atoms with Crippen LogP contribution in [-0.2, 0) is 4.79 Å². The Hall–Kier alpha value is -1.53. The van der Waals surface area contributed by atoms with E-state index in [1.165, 1.54) is 31.2 Å². The van der Waals surface area contributed by atoms with Crippen LogP contribution in [0.1, 0.15) is 63.4 Å². The lowest BCUT2D eigenvalue weighted by molar-refractivity contribution is -0.124. The molecule has 2 atom stereocenters. The lowest BCUT2D eigenvalue weighted by Gasteiger charge is -2.46. The summed E-state index contributed by atoms with van der Waals surface area (Å²) < 4.78 is 0. The minimum Gasteiger partial charge on any atom is -0.332 e. The minimum atomic E-state index is 0.333. The lowest BCUT2D eigenvalue weighted by atomic mass is 9.80. The molecular weight excluding hydrogens is 362 g/mol. The summed E-state index contributed by atoms with van der Waals surface area (Å²) in [6.45, 7) is 6.51. The first kappa shape index (κ1) is 19.4. The van der Waals surface area contributed by atoms with Gasteiger partial charge in [0.1, 0.15) is 5.78 Å². The predicted molar refractivity (Wildman–Crippen MR) is 114 cm³/mol. The standard InChI is InChI=1S/C23H35N5O/c1-3-22(29)16-4-6-19(7-5-16)27-12-18(13-27)17-10-24-23(25-11-17)28-20-8-9-21(28)15-26(2)14-20/h10-11,16,18-21H,3-9,12-15H2,1-2H3/t16-,19+,20?,21?. The highest BCUT2D eigenvalue weighted by atomic mass is 16.1. The van der Waals surface area contributed by atoms with Gasteiger partial charge in [0, 0.05) is 75.0 Å². The number of hydrogen-bond acceptors (Lipinski definition) is 6. The molecule has 4 aliphatic rings. The molecule has 0 spiro atoms. The molecule has 3 saturated heterocycles. The van der Waals surface area contributed by atoms with Crippen molar-refractivity contribution in [3.63, 3.8) is 0 Å². The van der Waals surface area contributed by atoms with E-state index in [0.717, 1.165) is 45.0 Å². The van der Waals surface area contributed by atoms with Crippen LogP contribution in [0, 0.1) is 5.92 Å². The molecule has 0 N–H and O–H groups in total. The van der Waals surface area contributed by atoms with Crippen molar-refractivity contribution >= 4 is 11.7 Å². The number of Topliss-reactive ketones (excluding diaryl/α,β-unsaturated/α-hetero) is 1. The van der Waals surface area contributed by atoms with Crippen molar-refractivity contribution in [2.75, 3.05) is 38.1 Å². The number of fused-ring (bicyclic) bond motifs is 2. The highest BCUT2D eigenvalue weighted by Crippen LogP contribution is 2.36. The van der Waals surface area contributed by atoms with Crippen molar-refractivity contribution in [1.29, 1.82) is 0 Å². The number of carbonyl (C=O) groups is 1. The zero-order chi connectivity index (χ0) is 20.0. The van der Waals surface area contributed by atoms with Gasteiger partial charge in [0.15, 0.2) is 0 Å². The molecule has 2 unspecified atom stereocenters. The Bertz CT molecular complexity index is 709. The molecule has 0 aromatic carbocycles. The summed E-state index contributed by atoms with van der Waals surface area (Å²) in [5, 5.41) is 0. The van der Waals surface area contributed by atoms with Crippen LogP contribution in [0.25, 0.3) is 0 Å². The number of carbonyl (C=O) groups excluding carboxylic acids is 1. The molecule has 29 heavy (non-hydrogen) atoms. The summed E-state index contributed by atoms with van der Waals surface area (Å²) in [5.41, 5.74) is 1.29. The second-order valence-electron chi connectivity index (χ2n) is 9.81. The molecule has 4 heterocycles. The second kappa shape index (κ2) is 7.95. The number of anilines is 1. The number of likely N-dealkylation sites (N-methyl/N-ethyl adjacent to an activating group) is 1. The summed E-state index contributed by atoms with van der Waals surface area (Å²) in [7, 11) is 2.23. The van der Waals surface area contributed by atoms with Crippen LogP contribution in [0.2, 0.25) is 0 Å². The van der Waals surface area contributed by atoms with Crippen LogP contribution in [0.3, 0.4) is 0 Å². The lowest BCUT2D eigenvalue weighted by Crippen LogP contribution is -2.53. The van der Waals surface area contributed by atoms with Gasteiger partial charge in [0.05, 0.1) is 0 Å². The Kier molecular flexibility index (Phi) is 5.33. The molecule has 1 aromatic rings. The van der Waals surface area contributed by atoms with Gasteiger partial charge in [0.2, 0.25) is 5.95 Å². The molecule has 6 nitrogen and oxygen atoms in total. The molecule has 1 saturated carbocycles. The fourth-order valence-corrected chi connectivity index (χ4v) is 6.19. The molecule has 3 aliphatic heterocycles. The number of nitrogens with zero attached hydrogens (tertiary/aromatic N) is 5. The van der Waals surface area contributed by atoms with Gasteiger partial charge in [-0.15, -0.1) is 0 Å². The Morgan fingerprint density at radius 3 is 2.10 bits per heavy atom. The van der Waals surface area contributed by atoms with Crippen molar-refractivity contribution in [2.24, 2.45) is 5.92 Å². The Labute approximate surface area is 174 Å². The maximum atomic E-state index is 11.9. The average molecular weight is 398 g/mol. The number of piperazine rings is 1. The fourth-order valence-electron chi connectivity index (χ4n) is 6.19. The fraction of sp³-hybridized carbons (Fsp3) is 0.783. The molecule has 158 valence electrons. The third kappa shape index (κ3) is 3.70. The maximum Gasteiger partial charge on any atom is 0.225 e. The molecule has 5 rings (SSSR count). The number of rotatable bonds is 5. The summed E-state index contributed by atoms with van der Waals surface area (Å²) in [6, 6.07) is 1.84. The first-order chi connectivity index (χ1) is 14.1. The van der Waals surface area contributed by atoms with E-state index < -0.39 is 0 Å². The smallest absolute Gasteiger partial charge is 0.225 e. The first-order valence-corrected chi connectivity index (χ1v) is 11.7. The van der Waals surface area contributed by atoms with Gasteiger partial charge in [-0.3, -0.25) is 9.69 Å². The predicted octanol–water partition coefficient (Wildman–Crippen LogP) is 2.70. The maximum absolute atomic E-state index is 11.9. The van der Waals surface area contributed by atoms with Gasteiger partial charge in [-0.25, -0.2) is 9.97 Å². The van der Waals surface area contributed by atoms with Crippen LogP contribution in [0.4, 0.5) is 5.95 Å². The van der Waals surface area contributed by atoms with E-state index in [4.69, 9.17) is 9.97 Å². The van der Waals surface area contributed by atoms with Crippen LogP contribution in [0.15, 0.2) is 12.4 Å². The normalized spacial score (nSPS) is 33.7. The van der Waals surface area contributed by atoms with Crippen molar-refractivity contribution in [3.8, 4) is 0 Å². The van der Waals surface area contributed by atoms with Gasteiger partial charge in [0.25, 0.3) is 0 Å². The van der Waals surface area contributed by atoms with E-state index in [1.807, 2.05) is 6.92 Å². The molecular formula is C23H35N5O. The first-order valence-electron chi connectivity index (χ1n) is 11.7. The summed E-state index contributed by atoms with van der Waals surface area (Å²) in [5.74, 6) is 2.31. The van der Waals surface area contributed by atoms with Crippen LogP contribution in [-0.4, -0.2) is 76.9 Å². The third-order valence-electron chi connectivity index (χ3n) is 7.95. The Morgan fingerprint density at radius 1 is 0.931 bits per heavy atom. The summed E-state index contributed by atoms with van der Waals surface area (Å²) >= 11 is 0. The largest absolute Gasteiger partial charge is 0.332 e. The SMILES string of the molecule is CCC(=O)[C@H]1CC[C@@H](N2CC(c3cnc(N4C5CCC4CN(C)C5)nc3)C2)CC1. The molecule has 1 aromatic heterocycles. The van der Waals surface area contributed by atoms with Gasteiger partial charge < -0.3 is 9.80 Å². The number of hydrogen-bond donors (Lipinski definition) is 0.